The molecule has 1 unspecified atom stereocenters. The van der Waals surface area contributed by atoms with E-state index in [4.69, 9.17) is 9.47 Å². The van der Waals surface area contributed by atoms with Crippen molar-refractivity contribution in [2.24, 2.45) is 0 Å². The first-order chi connectivity index (χ1) is 10.1. The minimum atomic E-state index is 0.0249. The molecule has 0 spiro atoms. The minimum absolute atomic E-state index is 0.0249. The number of nitrogens with one attached hydrogen (secondary N) is 1. The highest BCUT2D eigenvalue weighted by molar-refractivity contribution is 9.10. The summed E-state index contributed by atoms with van der Waals surface area (Å²) < 4.78 is 11.3. The van der Waals surface area contributed by atoms with Crippen molar-refractivity contribution in [2.45, 2.75) is 18.9 Å². The zero-order valence-corrected chi connectivity index (χ0v) is 14.2. The number of likely N-dealkylation sites (tertiary alicyclic amines) is 1. The van der Waals surface area contributed by atoms with E-state index in [2.05, 4.69) is 21.2 Å². The van der Waals surface area contributed by atoms with E-state index in [-0.39, 0.29) is 11.9 Å². The van der Waals surface area contributed by atoms with E-state index >= 15 is 0 Å². The van der Waals surface area contributed by atoms with Gasteiger partial charge in [0.25, 0.3) is 5.91 Å². The normalized spacial score (nSPS) is 17.9. The number of carbonyl (C=O) groups is 1. The number of nitrogens with zero attached hydrogens (tertiary/aromatic N) is 1. The highest BCUT2D eigenvalue weighted by Crippen LogP contribution is 2.36. The molecule has 1 aromatic rings. The summed E-state index contributed by atoms with van der Waals surface area (Å²) in [5, 5.41) is 3.15. The van der Waals surface area contributed by atoms with Crippen molar-refractivity contribution in [1.29, 1.82) is 0 Å². The highest BCUT2D eigenvalue weighted by atomic mass is 79.9. The molecule has 1 amide bonds. The van der Waals surface area contributed by atoms with Gasteiger partial charge in [0.2, 0.25) is 0 Å². The SMILES string of the molecule is CNCC1CCCN1C(=O)c1cc(OC)c(Br)c(OC)c1. The van der Waals surface area contributed by atoms with E-state index in [0.29, 0.717) is 17.1 Å². The van der Waals surface area contributed by atoms with E-state index in [1.165, 1.54) is 0 Å². The minimum Gasteiger partial charge on any atom is -0.495 e. The Morgan fingerprint density at radius 2 is 2.00 bits per heavy atom. The first-order valence-electron chi connectivity index (χ1n) is 6.99. The molecule has 21 heavy (non-hydrogen) atoms. The predicted octanol–water partition coefficient (Wildman–Crippen LogP) is 2.29. The second-order valence-corrected chi connectivity index (χ2v) is 5.84. The van der Waals surface area contributed by atoms with Crippen molar-refractivity contribution in [1.82, 2.24) is 10.2 Å². The van der Waals surface area contributed by atoms with Gasteiger partial charge >= 0.3 is 0 Å². The molecule has 1 heterocycles. The Hall–Kier alpha value is -1.27. The van der Waals surface area contributed by atoms with Crippen molar-refractivity contribution in [3.63, 3.8) is 0 Å². The summed E-state index contributed by atoms with van der Waals surface area (Å²) in [5.41, 5.74) is 0.593. The third-order valence-corrected chi connectivity index (χ3v) is 4.55. The van der Waals surface area contributed by atoms with Gasteiger partial charge in [-0.15, -0.1) is 0 Å². The van der Waals surface area contributed by atoms with Crippen LogP contribution in [0.4, 0.5) is 0 Å². The van der Waals surface area contributed by atoms with Crippen LogP contribution in [0.5, 0.6) is 11.5 Å². The van der Waals surface area contributed by atoms with Crippen LogP contribution in [0.25, 0.3) is 0 Å². The van der Waals surface area contributed by atoms with Gasteiger partial charge in [-0.1, -0.05) is 0 Å². The number of hydrogen-bond donors (Lipinski definition) is 1. The number of ether oxygens (including phenoxy) is 2. The molecule has 1 aliphatic heterocycles. The number of carbonyl (C=O) groups excluding carboxylic acids is 1. The van der Waals surface area contributed by atoms with Gasteiger partial charge in [0.05, 0.1) is 14.2 Å². The molecule has 1 aliphatic rings. The number of rotatable bonds is 5. The molecule has 0 saturated carbocycles. The molecule has 0 aromatic heterocycles. The Kier molecular flexibility index (Phi) is 5.47. The van der Waals surface area contributed by atoms with Crippen molar-refractivity contribution in [3.8, 4) is 11.5 Å². The van der Waals surface area contributed by atoms with E-state index < -0.39 is 0 Å². The summed E-state index contributed by atoms with van der Waals surface area (Å²) in [7, 11) is 5.06. The molecule has 2 rings (SSSR count). The van der Waals surface area contributed by atoms with Gasteiger partial charge in [-0.25, -0.2) is 0 Å². The van der Waals surface area contributed by atoms with Crippen molar-refractivity contribution in [3.05, 3.63) is 22.2 Å². The molecule has 1 saturated heterocycles. The summed E-state index contributed by atoms with van der Waals surface area (Å²) in [6.45, 7) is 1.61. The first kappa shape index (κ1) is 16.1. The largest absolute Gasteiger partial charge is 0.495 e. The van der Waals surface area contributed by atoms with Crippen LogP contribution in [0, 0.1) is 0 Å². The Morgan fingerprint density at radius 1 is 1.38 bits per heavy atom. The van der Waals surface area contributed by atoms with E-state index in [1.807, 2.05) is 11.9 Å². The molecule has 1 aromatic carbocycles. The third kappa shape index (κ3) is 3.32. The Morgan fingerprint density at radius 3 is 2.52 bits per heavy atom. The lowest BCUT2D eigenvalue weighted by atomic mass is 10.1. The lowest BCUT2D eigenvalue weighted by Gasteiger charge is -2.25. The maximum atomic E-state index is 12.8. The van der Waals surface area contributed by atoms with Crippen LogP contribution < -0.4 is 14.8 Å². The molecule has 1 N–H and O–H groups in total. The lowest BCUT2D eigenvalue weighted by Crippen LogP contribution is -2.40. The van der Waals surface area contributed by atoms with Gasteiger partial charge in [0.1, 0.15) is 16.0 Å². The number of hydrogen-bond acceptors (Lipinski definition) is 4. The standard InChI is InChI=1S/C15H21BrN2O3/c1-17-9-11-5-4-6-18(11)15(19)10-7-12(20-2)14(16)13(8-10)21-3/h7-8,11,17H,4-6,9H2,1-3H3. The van der Waals surface area contributed by atoms with Gasteiger partial charge in [-0.05, 0) is 48.0 Å². The van der Waals surface area contributed by atoms with Crippen LogP contribution in [0.15, 0.2) is 16.6 Å². The topological polar surface area (TPSA) is 50.8 Å². The predicted molar refractivity (Wildman–Crippen MR) is 85.2 cm³/mol. The zero-order chi connectivity index (χ0) is 15.4. The fraction of sp³-hybridized carbons (Fsp3) is 0.533. The summed E-state index contributed by atoms with van der Waals surface area (Å²) in [4.78, 5) is 14.7. The number of halogens is 1. The van der Waals surface area contributed by atoms with Gasteiger partial charge in [-0.2, -0.15) is 0 Å². The Balaban J connectivity index is 2.30. The molecule has 116 valence electrons. The first-order valence-corrected chi connectivity index (χ1v) is 7.78. The van der Waals surface area contributed by atoms with Crippen molar-refractivity contribution < 1.29 is 14.3 Å². The maximum absolute atomic E-state index is 12.8. The average molecular weight is 357 g/mol. The number of benzene rings is 1. The summed E-state index contributed by atoms with van der Waals surface area (Å²) in [6.07, 6.45) is 2.08. The maximum Gasteiger partial charge on any atom is 0.254 e. The Labute approximate surface area is 133 Å². The fourth-order valence-corrected chi connectivity index (χ4v) is 3.26. The zero-order valence-electron chi connectivity index (χ0n) is 12.6. The third-order valence-electron chi connectivity index (χ3n) is 3.77. The second kappa shape index (κ2) is 7.13. The van der Waals surface area contributed by atoms with Crippen LogP contribution in [-0.4, -0.2) is 51.2 Å². The summed E-state index contributed by atoms with van der Waals surface area (Å²) >= 11 is 3.42. The molecule has 0 bridgehead atoms. The molecule has 6 heteroatoms. The molecule has 1 atom stereocenters. The van der Waals surface area contributed by atoms with Crippen LogP contribution in [0.2, 0.25) is 0 Å². The molecular weight excluding hydrogens is 336 g/mol. The average Bonchev–Trinajstić information content (AvgIpc) is 2.95. The molecule has 5 nitrogen and oxygen atoms in total. The fourth-order valence-electron chi connectivity index (χ4n) is 2.71. The molecular formula is C15H21BrN2O3. The molecule has 1 fully saturated rings. The highest BCUT2D eigenvalue weighted by Gasteiger charge is 2.29. The number of methoxy groups -OCH3 is 2. The quantitative estimate of drug-likeness (QED) is 0.879. The lowest BCUT2D eigenvalue weighted by molar-refractivity contribution is 0.0736. The monoisotopic (exact) mass is 356 g/mol. The van der Waals surface area contributed by atoms with E-state index in [9.17, 15) is 4.79 Å². The van der Waals surface area contributed by atoms with Crippen LogP contribution in [0.3, 0.4) is 0 Å². The van der Waals surface area contributed by atoms with Gasteiger partial charge in [0, 0.05) is 24.7 Å². The van der Waals surface area contributed by atoms with Crippen LogP contribution >= 0.6 is 15.9 Å². The second-order valence-electron chi connectivity index (χ2n) is 5.05. The molecule has 0 radical (unpaired) electrons. The summed E-state index contributed by atoms with van der Waals surface area (Å²) in [5.74, 6) is 1.22. The van der Waals surface area contributed by atoms with E-state index in [1.54, 1.807) is 26.4 Å². The summed E-state index contributed by atoms with van der Waals surface area (Å²) in [6, 6.07) is 3.76. The van der Waals surface area contributed by atoms with Gasteiger partial charge in [-0.3, -0.25) is 4.79 Å². The Bertz CT molecular complexity index is 497. The van der Waals surface area contributed by atoms with Crippen molar-refractivity contribution in [2.75, 3.05) is 34.4 Å². The van der Waals surface area contributed by atoms with Crippen LogP contribution in [-0.2, 0) is 0 Å². The van der Waals surface area contributed by atoms with Crippen molar-refractivity contribution >= 4 is 21.8 Å². The van der Waals surface area contributed by atoms with Gasteiger partial charge in [0.15, 0.2) is 0 Å². The number of likely N-dealkylation sites (N-methyl/N-ethyl adjacent to an activating group) is 1. The molecule has 0 aliphatic carbocycles. The van der Waals surface area contributed by atoms with Crippen LogP contribution in [0.1, 0.15) is 23.2 Å². The number of amides is 1. The van der Waals surface area contributed by atoms with E-state index in [0.717, 1.165) is 30.4 Å². The smallest absolute Gasteiger partial charge is 0.254 e. The van der Waals surface area contributed by atoms with Gasteiger partial charge < -0.3 is 19.7 Å².